The molecule has 0 aromatic carbocycles. The SMILES string of the molecule is CCCCCCCCCC1CCC([C@H]2CC[C@H](OCC)CC2)CC1. The number of rotatable bonds is 11. The molecule has 0 unspecified atom stereocenters. The molecule has 0 bridgehead atoms. The van der Waals surface area contributed by atoms with Crippen LogP contribution in [0.25, 0.3) is 0 Å². The van der Waals surface area contributed by atoms with E-state index in [9.17, 15) is 0 Å². The van der Waals surface area contributed by atoms with Crippen molar-refractivity contribution in [1.29, 1.82) is 0 Å². The van der Waals surface area contributed by atoms with E-state index in [1.807, 2.05) is 0 Å². The Labute approximate surface area is 152 Å². The first kappa shape index (κ1) is 20.3. The largest absolute Gasteiger partial charge is 0.379 e. The lowest BCUT2D eigenvalue weighted by atomic mass is 9.70. The molecule has 2 aliphatic rings. The molecule has 0 heterocycles. The van der Waals surface area contributed by atoms with Crippen LogP contribution in [0, 0.1) is 17.8 Å². The number of hydrogen-bond acceptors (Lipinski definition) is 1. The van der Waals surface area contributed by atoms with Crippen molar-refractivity contribution in [2.45, 2.75) is 123 Å². The van der Waals surface area contributed by atoms with Gasteiger partial charge in [0.05, 0.1) is 6.10 Å². The van der Waals surface area contributed by atoms with Crippen LogP contribution in [0.5, 0.6) is 0 Å². The molecule has 142 valence electrons. The molecule has 1 nitrogen and oxygen atoms in total. The lowest BCUT2D eigenvalue weighted by Crippen LogP contribution is -2.28. The van der Waals surface area contributed by atoms with Gasteiger partial charge >= 0.3 is 0 Å². The molecule has 1 heteroatoms. The van der Waals surface area contributed by atoms with Gasteiger partial charge in [0.2, 0.25) is 0 Å². The van der Waals surface area contributed by atoms with Gasteiger partial charge in [-0.2, -0.15) is 0 Å². The Kier molecular flexibility index (Phi) is 10.4. The maximum atomic E-state index is 5.82. The Bertz CT molecular complexity index is 284. The summed E-state index contributed by atoms with van der Waals surface area (Å²) >= 11 is 0. The Morgan fingerprint density at radius 1 is 0.625 bits per heavy atom. The second kappa shape index (κ2) is 12.3. The normalized spacial score (nSPS) is 31.2. The molecular formula is C23H44O. The van der Waals surface area contributed by atoms with Gasteiger partial charge in [0, 0.05) is 6.61 Å². The van der Waals surface area contributed by atoms with Gasteiger partial charge < -0.3 is 4.74 Å². The van der Waals surface area contributed by atoms with E-state index in [0.29, 0.717) is 6.10 Å². The predicted molar refractivity (Wildman–Crippen MR) is 105 cm³/mol. The Balaban J connectivity index is 1.49. The molecule has 0 saturated heterocycles. The minimum Gasteiger partial charge on any atom is -0.379 e. The molecular weight excluding hydrogens is 292 g/mol. The fourth-order valence-electron chi connectivity index (χ4n) is 5.30. The van der Waals surface area contributed by atoms with E-state index in [1.54, 1.807) is 0 Å². The van der Waals surface area contributed by atoms with E-state index >= 15 is 0 Å². The zero-order chi connectivity index (χ0) is 17.0. The Hall–Kier alpha value is -0.0400. The highest BCUT2D eigenvalue weighted by atomic mass is 16.5. The van der Waals surface area contributed by atoms with Crippen LogP contribution in [-0.4, -0.2) is 12.7 Å². The quantitative estimate of drug-likeness (QED) is 0.354. The van der Waals surface area contributed by atoms with Crippen LogP contribution in [0.2, 0.25) is 0 Å². The van der Waals surface area contributed by atoms with Crippen LogP contribution >= 0.6 is 0 Å². The average Bonchev–Trinajstić information content (AvgIpc) is 2.62. The fourth-order valence-corrected chi connectivity index (χ4v) is 5.30. The van der Waals surface area contributed by atoms with Crippen LogP contribution in [0.1, 0.15) is 117 Å². The minimum absolute atomic E-state index is 0.583. The van der Waals surface area contributed by atoms with Crippen LogP contribution in [0.4, 0.5) is 0 Å². The standard InChI is InChI=1S/C23H44O/c1-3-5-6-7-8-9-10-11-20-12-14-21(15-13-20)22-16-18-23(19-17-22)24-4-2/h20-23H,3-19H2,1-2H3/t20?,21?,22-,23-. The monoisotopic (exact) mass is 336 g/mol. The molecule has 0 aliphatic heterocycles. The van der Waals surface area contributed by atoms with E-state index < -0.39 is 0 Å². The van der Waals surface area contributed by atoms with Gasteiger partial charge in [0.25, 0.3) is 0 Å². The molecule has 2 saturated carbocycles. The lowest BCUT2D eigenvalue weighted by Gasteiger charge is -2.37. The predicted octanol–water partition coefficient (Wildman–Crippen LogP) is 7.53. The van der Waals surface area contributed by atoms with E-state index in [0.717, 1.165) is 24.4 Å². The molecule has 0 radical (unpaired) electrons. The van der Waals surface area contributed by atoms with Crippen molar-refractivity contribution < 1.29 is 4.74 Å². The van der Waals surface area contributed by atoms with Gasteiger partial charge in [-0.15, -0.1) is 0 Å². The first-order valence-electron chi connectivity index (χ1n) is 11.4. The van der Waals surface area contributed by atoms with Gasteiger partial charge in [0.15, 0.2) is 0 Å². The first-order chi connectivity index (χ1) is 11.8. The van der Waals surface area contributed by atoms with E-state index in [1.165, 1.54) is 103 Å². The van der Waals surface area contributed by atoms with Gasteiger partial charge in [-0.25, -0.2) is 0 Å². The van der Waals surface area contributed by atoms with E-state index in [-0.39, 0.29) is 0 Å². The molecule has 2 aliphatic carbocycles. The zero-order valence-corrected chi connectivity index (χ0v) is 16.7. The highest BCUT2D eigenvalue weighted by Gasteiger charge is 2.30. The van der Waals surface area contributed by atoms with Gasteiger partial charge in [-0.05, 0) is 63.2 Å². The van der Waals surface area contributed by atoms with Crippen LogP contribution < -0.4 is 0 Å². The smallest absolute Gasteiger partial charge is 0.0575 e. The van der Waals surface area contributed by atoms with Crippen LogP contribution in [0.3, 0.4) is 0 Å². The maximum absolute atomic E-state index is 5.82. The summed E-state index contributed by atoms with van der Waals surface area (Å²) in [5.74, 6) is 3.15. The summed E-state index contributed by atoms with van der Waals surface area (Å²) in [6.07, 6.45) is 24.0. The summed E-state index contributed by atoms with van der Waals surface area (Å²) in [4.78, 5) is 0. The minimum atomic E-state index is 0.583. The van der Waals surface area contributed by atoms with E-state index in [2.05, 4.69) is 13.8 Å². The van der Waals surface area contributed by atoms with Crippen molar-refractivity contribution in [3.8, 4) is 0 Å². The van der Waals surface area contributed by atoms with Crippen molar-refractivity contribution in [2.75, 3.05) is 6.61 Å². The molecule has 2 rings (SSSR count). The molecule has 0 amide bonds. The van der Waals surface area contributed by atoms with Crippen molar-refractivity contribution in [1.82, 2.24) is 0 Å². The number of unbranched alkanes of at least 4 members (excludes halogenated alkanes) is 6. The summed E-state index contributed by atoms with van der Waals surface area (Å²) in [7, 11) is 0. The summed E-state index contributed by atoms with van der Waals surface area (Å²) < 4.78 is 5.82. The zero-order valence-electron chi connectivity index (χ0n) is 16.7. The van der Waals surface area contributed by atoms with Crippen LogP contribution in [0.15, 0.2) is 0 Å². The number of hydrogen-bond donors (Lipinski definition) is 0. The third kappa shape index (κ3) is 7.46. The highest BCUT2D eigenvalue weighted by molar-refractivity contribution is 4.82. The van der Waals surface area contributed by atoms with Crippen molar-refractivity contribution in [2.24, 2.45) is 17.8 Å². The molecule has 2 fully saturated rings. The molecule has 0 spiro atoms. The summed E-state index contributed by atoms with van der Waals surface area (Å²) in [6, 6.07) is 0. The van der Waals surface area contributed by atoms with Crippen molar-refractivity contribution >= 4 is 0 Å². The maximum Gasteiger partial charge on any atom is 0.0575 e. The van der Waals surface area contributed by atoms with Crippen molar-refractivity contribution in [3.63, 3.8) is 0 Å². The third-order valence-corrected chi connectivity index (χ3v) is 6.90. The van der Waals surface area contributed by atoms with E-state index in [4.69, 9.17) is 4.74 Å². The fraction of sp³-hybridized carbons (Fsp3) is 1.00. The summed E-state index contributed by atoms with van der Waals surface area (Å²) in [5, 5.41) is 0. The molecule has 0 aromatic heterocycles. The van der Waals surface area contributed by atoms with Gasteiger partial charge in [0.1, 0.15) is 0 Å². The molecule has 24 heavy (non-hydrogen) atoms. The summed E-state index contributed by atoms with van der Waals surface area (Å²) in [6.45, 7) is 5.35. The second-order valence-corrected chi connectivity index (χ2v) is 8.68. The summed E-state index contributed by atoms with van der Waals surface area (Å²) in [5.41, 5.74) is 0. The van der Waals surface area contributed by atoms with Crippen LogP contribution in [-0.2, 0) is 4.74 Å². The first-order valence-corrected chi connectivity index (χ1v) is 11.4. The topological polar surface area (TPSA) is 9.23 Å². The van der Waals surface area contributed by atoms with Gasteiger partial charge in [-0.3, -0.25) is 0 Å². The average molecular weight is 337 g/mol. The second-order valence-electron chi connectivity index (χ2n) is 8.68. The Morgan fingerprint density at radius 2 is 1.17 bits per heavy atom. The Morgan fingerprint density at radius 3 is 1.75 bits per heavy atom. The molecule has 0 atom stereocenters. The highest BCUT2D eigenvalue weighted by Crippen LogP contribution is 2.41. The lowest BCUT2D eigenvalue weighted by molar-refractivity contribution is 0.0134. The molecule has 0 N–H and O–H groups in total. The molecule has 0 aromatic rings. The van der Waals surface area contributed by atoms with Crippen molar-refractivity contribution in [3.05, 3.63) is 0 Å². The third-order valence-electron chi connectivity index (χ3n) is 6.90. The number of ether oxygens (including phenoxy) is 1. The van der Waals surface area contributed by atoms with Gasteiger partial charge in [-0.1, -0.05) is 71.1 Å².